The van der Waals surface area contributed by atoms with Gasteiger partial charge < -0.3 is 4.74 Å². The maximum Gasteiger partial charge on any atom is 0.410 e. The number of rotatable bonds is 3. The topological polar surface area (TPSA) is 46.6 Å². The van der Waals surface area contributed by atoms with Gasteiger partial charge in [0, 0.05) is 18.9 Å². The number of Topliss-reactive ketones (excluding diaryl/α,β-unsaturated/α-hetero) is 1. The van der Waals surface area contributed by atoms with Gasteiger partial charge >= 0.3 is 6.09 Å². The molecule has 2 fully saturated rings. The van der Waals surface area contributed by atoms with E-state index in [1.165, 1.54) is 24.0 Å². The first-order valence-corrected chi connectivity index (χ1v) is 9.83. The third-order valence-electron chi connectivity index (χ3n) is 6.09. The number of ether oxygens (including phenoxy) is 1. The molecule has 5 rings (SSSR count). The largest absolute Gasteiger partial charge is 0.445 e. The normalized spacial score (nSPS) is 23.7. The fourth-order valence-electron chi connectivity index (χ4n) is 4.70. The molecule has 1 amide bonds. The van der Waals surface area contributed by atoms with E-state index in [0.29, 0.717) is 18.8 Å². The highest BCUT2D eigenvalue weighted by Gasteiger charge is 2.45. The highest BCUT2D eigenvalue weighted by atomic mass is 16.6. The summed E-state index contributed by atoms with van der Waals surface area (Å²) in [4.78, 5) is 27.0. The molecule has 0 N–H and O–H groups in total. The molecule has 1 saturated carbocycles. The van der Waals surface area contributed by atoms with Gasteiger partial charge in [0.15, 0.2) is 0 Å². The molecule has 0 aromatic heterocycles. The van der Waals surface area contributed by atoms with Crippen molar-refractivity contribution in [3.05, 3.63) is 70.8 Å². The van der Waals surface area contributed by atoms with E-state index >= 15 is 0 Å². The molecule has 2 unspecified atom stereocenters. The molecule has 2 atom stereocenters. The van der Waals surface area contributed by atoms with Crippen LogP contribution in [0.1, 0.15) is 59.9 Å². The maximum atomic E-state index is 12.9. The van der Waals surface area contributed by atoms with Crippen LogP contribution in [-0.2, 0) is 22.6 Å². The molecule has 0 spiro atoms. The predicted octanol–water partition coefficient (Wildman–Crippen LogP) is 4.53. The Labute approximate surface area is 159 Å². The van der Waals surface area contributed by atoms with E-state index in [9.17, 15) is 9.59 Å². The molecule has 4 heteroatoms. The van der Waals surface area contributed by atoms with Crippen LogP contribution < -0.4 is 0 Å². The Balaban J connectivity index is 1.42. The van der Waals surface area contributed by atoms with Gasteiger partial charge in [0.2, 0.25) is 0 Å². The highest BCUT2D eigenvalue weighted by molar-refractivity contribution is 5.84. The number of ketones is 1. The molecule has 1 saturated heterocycles. The zero-order valence-corrected chi connectivity index (χ0v) is 15.3. The fourth-order valence-corrected chi connectivity index (χ4v) is 4.70. The van der Waals surface area contributed by atoms with Gasteiger partial charge in [-0.05, 0) is 47.4 Å². The van der Waals surface area contributed by atoms with Crippen LogP contribution in [0.25, 0.3) is 0 Å². The van der Waals surface area contributed by atoms with Crippen LogP contribution in [0.2, 0.25) is 0 Å². The predicted molar refractivity (Wildman–Crippen MR) is 101 cm³/mol. The summed E-state index contributed by atoms with van der Waals surface area (Å²) < 4.78 is 5.62. The van der Waals surface area contributed by atoms with Gasteiger partial charge in [-0.1, -0.05) is 48.5 Å². The summed E-state index contributed by atoms with van der Waals surface area (Å²) >= 11 is 0. The third kappa shape index (κ3) is 3.03. The van der Waals surface area contributed by atoms with Gasteiger partial charge in [0.05, 0.1) is 6.04 Å². The Kier molecular flexibility index (Phi) is 4.00. The van der Waals surface area contributed by atoms with E-state index in [2.05, 4.69) is 18.2 Å². The molecule has 2 aromatic carbocycles. The molecule has 2 heterocycles. The molecule has 2 aromatic rings. The van der Waals surface area contributed by atoms with Crippen molar-refractivity contribution in [3.63, 3.8) is 0 Å². The van der Waals surface area contributed by atoms with Gasteiger partial charge in [-0.25, -0.2) is 4.79 Å². The smallest absolute Gasteiger partial charge is 0.410 e. The van der Waals surface area contributed by atoms with Crippen LogP contribution in [0.4, 0.5) is 4.79 Å². The summed E-state index contributed by atoms with van der Waals surface area (Å²) in [7, 11) is 0. The van der Waals surface area contributed by atoms with Gasteiger partial charge in [0.1, 0.15) is 12.4 Å². The first-order valence-electron chi connectivity index (χ1n) is 9.83. The molecular weight excluding hydrogens is 338 g/mol. The summed E-state index contributed by atoms with van der Waals surface area (Å²) in [6.45, 7) is 0.262. The van der Waals surface area contributed by atoms with Crippen molar-refractivity contribution < 1.29 is 14.3 Å². The number of hydrogen-bond donors (Lipinski definition) is 0. The van der Waals surface area contributed by atoms with E-state index in [-0.39, 0.29) is 30.6 Å². The fraction of sp³-hybridized carbons (Fsp3) is 0.391. The monoisotopic (exact) mass is 361 g/mol. The van der Waals surface area contributed by atoms with Crippen molar-refractivity contribution in [1.82, 2.24) is 4.90 Å². The second-order valence-electron chi connectivity index (χ2n) is 7.96. The zero-order valence-electron chi connectivity index (χ0n) is 15.3. The summed E-state index contributed by atoms with van der Waals surface area (Å²) in [5, 5.41) is 0. The zero-order chi connectivity index (χ0) is 18.4. The Bertz CT molecular complexity index is 888. The van der Waals surface area contributed by atoms with Crippen LogP contribution in [0.15, 0.2) is 48.5 Å². The van der Waals surface area contributed by atoms with Gasteiger partial charge in [-0.15, -0.1) is 0 Å². The molecule has 27 heavy (non-hydrogen) atoms. The molecule has 2 bridgehead atoms. The van der Waals surface area contributed by atoms with Crippen LogP contribution in [0, 0.1) is 0 Å². The highest BCUT2D eigenvalue weighted by Crippen LogP contribution is 2.48. The second kappa shape index (κ2) is 6.52. The summed E-state index contributed by atoms with van der Waals surface area (Å²) in [6, 6.07) is 15.9. The van der Waals surface area contributed by atoms with Crippen molar-refractivity contribution in [2.75, 3.05) is 0 Å². The van der Waals surface area contributed by atoms with Crippen molar-refractivity contribution in [1.29, 1.82) is 0 Å². The average Bonchev–Trinajstić information content (AvgIpc) is 3.51. The van der Waals surface area contributed by atoms with Crippen molar-refractivity contribution >= 4 is 11.9 Å². The summed E-state index contributed by atoms with van der Waals surface area (Å²) in [5.74, 6) is 0.924. The quantitative estimate of drug-likeness (QED) is 0.807. The van der Waals surface area contributed by atoms with Crippen LogP contribution in [-0.4, -0.2) is 22.8 Å². The number of carbonyl (C=O) groups excluding carboxylic acids is 2. The third-order valence-corrected chi connectivity index (χ3v) is 6.09. The van der Waals surface area contributed by atoms with Gasteiger partial charge in [0.25, 0.3) is 0 Å². The minimum Gasteiger partial charge on any atom is -0.445 e. The SMILES string of the molecule is O=C1CC2Cc3c(C4CC4)cccc3C(C1)N2C(=O)OCc1ccccc1. The first-order chi connectivity index (χ1) is 13.2. The lowest BCUT2D eigenvalue weighted by Gasteiger charge is -2.46. The number of fused-ring (bicyclic) bond motifs is 4. The van der Waals surface area contributed by atoms with Gasteiger partial charge in [-0.3, -0.25) is 9.69 Å². The summed E-state index contributed by atoms with van der Waals surface area (Å²) in [6.07, 6.45) is 3.82. The maximum absolute atomic E-state index is 12.9. The van der Waals surface area contributed by atoms with E-state index < -0.39 is 0 Å². The molecule has 1 aliphatic carbocycles. The minimum absolute atomic E-state index is 0.0769. The first kappa shape index (κ1) is 16.5. The molecule has 4 nitrogen and oxygen atoms in total. The Morgan fingerprint density at radius 3 is 2.52 bits per heavy atom. The number of benzene rings is 2. The number of nitrogens with zero attached hydrogens (tertiary/aromatic N) is 1. The molecule has 0 radical (unpaired) electrons. The number of carbonyl (C=O) groups is 2. The van der Waals surface area contributed by atoms with Crippen molar-refractivity contribution in [3.8, 4) is 0 Å². The minimum atomic E-state index is -0.302. The summed E-state index contributed by atoms with van der Waals surface area (Å²) in [5.41, 5.74) is 4.95. The van der Waals surface area contributed by atoms with Crippen molar-refractivity contribution in [2.45, 2.75) is 56.7 Å². The van der Waals surface area contributed by atoms with Crippen LogP contribution >= 0.6 is 0 Å². The standard InChI is InChI=1S/C23H23NO3/c25-18-11-17-12-21-19(16-9-10-16)7-4-8-20(21)22(13-18)24(17)23(26)27-14-15-5-2-1-3-6-15/h1-8,16-17,22H,9-14H2. The lowest BCUT2D eigenvalue weighted by molar-refractivity contribution is -0.125. The van der Waals surface area contributed by atoms with Crippen LogP contribution in [0.5, 0.6) is 0 Å². The van der Waals surface area contributed by atoms with E-state index in [4.69, 9.17) is 4.74 Å². The number of piperidine rings is 1. The Hall–Kier alpha value is -2.62. The number of amides is 1. The number of hydrogen-bond acceptors (Lipinski definition) is 3. The van der Waals surface area contributed by atoms with Crippen LogP contribution in [0.3, 0.4) is 0 Å². The molecular formula is C23H23NO3. The molecule has 3 aliphatic rings. The Morgan fingerprint density at radius 1 is 0.963 bits per heavy atom. The lowest BCUT2D eigenvalue weighted by Crippen LogP contribution is -2.52. The Morgan fingerprint density at radius 2 is 1.74 bits per heavy atom. The van der Waals surface area contributed by atoms with Gasteiger partial charge in [-0.2, -0.15) is 0 Å². The van der Waals surface area contributed by atoms with E-state index in [1.54, 1.807) is 0 Å². The molecule has 2 aliphatic heterocycles. The second-order valence-corrected chi connectivity index (χ2v) is 7.96. The van der Waals surface area contributed by atoms with Crippen molar-refractivity contribution in [2.24, 2.45) is 0 Å². The average molecular weight is 361 g/mol. The van der Waals surface area contributed by atoms with E-state index in [1.807, 2.05) is 35.2 Å². The van der Waals surface area contributed by atoms with E-state index in [0.717, 1.165) is 17.5 Å². The lowest BCUT2D eigenvalue weighted by atomic mass is 9.77. The molecule has 138 valence electrons.